The second kappa shape index (κ2) is 8.48. The molecule has 5 nitrogen and oxygen atoms in total. The molecule has 5 rings (SSSR count). The standard InChI is InChI=1S/C26H25N5S/c1-29(2)20-11-13-22(14-12-20)31-25(24(28-26(31)32)23-10-6-7-16-27-23)19-15-17-30(18-19)21-8-4-3-5-9-21/h3-18,24-25H,1-2H3,(H,28,32)/t24-,25-/m0/s1. The molecule has 1 fully saturated rings. The lowest BCUT2D eigenvalue weighted by molar-refractivity contribution is 0.568. The van der Waals surface area contributed by atoms with Crippen molar-refractivity contribution >= 4 is 28.7 Å². The number of para-hydroxylation sites is 1. The topological polar surface area (TPSA) is 36.3 Å². The van der Waals surface area contributed by atoms with E-state index in [0.717, 1.165) is 22.8 Å². The molecule has 0 saturated carbocycles. The fraction of sp³-hybridized carbons (Fsp3) is 0.154. The first kappa shape index (κ1) is 20.3. The van der Waals surface area contributed by atoms with E-state index in [1.807, 2.05) is 38.5 Å². The van der Waals surface area contributed by atoms with Crippen molar-refractivity contribution in [1.29, 1.82) is 0 Å². The second-order valence-corrected chi connectivity index (χ2v) is 8.48. The number of pyridine rings is 1. The van der Waals surface area contributed by atoms with E-state index in [4.69, 9.17) is 12.2 Å². The minimum atomic E-state index is -0.0520. The SMILES string of the molecule is CN(C)c1ccc(N2C(=S)N[C@@H](c3ccccn3)[C@@H]2c2ccn(-c3ccccc3)c2)cc1. The number of rotatable bonds is 5. The first-order valence-corrected chi connectivity index (χ1v) is 11.0. The van der Waals surface area contributed by atoms with Crippen LogP contribution in [0.2, 0.25) is 0 Å². The van der Waals surface area contributed by atoms with E-state index < -0.39 is 0 Å². The number of nitrogens with one attached hydrogen (secondary N) is 1. The van der Waals surface area contributed by atoms with E-state index in [0.29, 0.717) is 5.11 Å². The van der Waals surface area contributed by atoms with E-state index in [-0.39, 0.29) is 12.1 Å². The molecule has 2 aromatic heterocycles. The maximum absolute atomic E-state index is 5.83. The van der Waals surface area contributed by atoms with E-state index in [1.54, 1.807) is 0 Å². The molecule has 6 heteroatoms. The average Bonchev–Trinajstić information content (AvgIpc) is 3.45. The summed E-state index contributed by atoms with van der Waals surface area (Å²) in [5.74, 6) is 0. The Hall–Kier alpha value is -3.64. The quantitative estimate of drug-likeness (QED) is 0.437. The Morgan fingerprint density at radius 2 is 1.62 bits per heavy atom. The van der Waals surface area contributed by atoms with Crippen LogP contribution in [0.4, 0.5) is 11.4 Å². The summed E-state index contributed by atoms with van der Waals surface area (Å²) in [5, 5.41) is 4.23. The molecule has 3 heterocycles. The van der Waals surface area contributed by atoms with Gasteiger partial charge >= 0.3 is 0 Å². The summed E-state index contributed by atoms with van der Waals surface area (Å²) in [5.41, 5.74) is 5.49. The molecular formula is C26H25N5S. The van der Waals surface area contributed by atoms with E-state index in [9.17, 15) is 0 Å². The number of nitrogens with zero attached hydrogens (tertiary/aromatic N) is 4. The number of hydrogen-bond acceptors (Lipinski definition) is 3. The molecule has 1 saturated heterocycles. The third kappa shape index (κ3) is 3.74. The van der Waals surface area contributed by atoms with Crippen LogP contribution < -0.4 is 15.1 Å². The fourth-order valence-electron chi connectivity index (χ4n) is 4.23. The van der Waals surface area contributed by atoms with Crippen molar-refractivity contribution in [3.05, 3.63) is 109 Å². The van der Waals surface area contributed by atoms with Crippen LogP contribution in [0.5, 0.6) is 0 Å². The monoisotopic (exact) mass is 439 g/mol. The van der Waals surface area contributed by atoms with Gasteiger partial charge in [-0.15, -0.1) is 0 Å². The fourth-order valence-corrected chi connectivity index (χ4v) is 4.58. The molecule has 4 aromatic rings. The van der Waals surface area contributed by atoms with Gasteiger partial charge < -0.3 is 19.7 Å². The van der Waals surface area contributed by atoms with Crippen molar-refractivity contribution in [2.75, 3.05) is 23.9 Å². The van der Waals surface area contributed by atoms with Crippen LogP contribution in [0.25, 0.3) is 5.69 Å². The maximum Gasteiger partial charge on any atom is 0.174 e. The summed E-state index contributed by atoms with van der Waals surface area (Å²) >= 11 is 5.83. The van der Waals surface area contributed by atoms with E-state index in [1.165, 1.54) is 5.56 Å². The summed E-state index contributed by atoms with van der Waals surface area (Å²) in [4.78, 5) is 8.94. The van der Waals surface area contributed by atoms with Crippen molar-refractivity contribution in [1.82, 2.24) is 14.9 Å². The zero-order valence-electron chi connectivity index (χ0n) is 18.1. The lowest BCUT2D eigenvalue weighted by atomic mass is 9.98. The molecular weight excluding hydrogens is 414 g/mol. The highest BCUT2D eigenvalue weighted by Crippen LogP contribution is 2.42. The Kier molecular flexibility index (Phi) is 5.37. The molecule has 1 N–H and O–H groups in total. The Morgan fingerprint density at radius 3 is 2.31 bits per heavy atom. The smallest absolute Gasteiger partial charge is 0.174 e. The Morgan fingerprint density at radius 1 is 0.875 bits per heavy atom. The molecule has 160 valence electrons. The van der Waals surface area contributed by atoms with Crippen LogP contribution in [0.1, 0.15) is 23.3 Å². The van der Waals surface area contributed by atoms with Gasteiger partial charge in [0.15, 0.2) is 5.11 Å². The van der Waals surface area contributed by atoms with Gasteiger partial charge in [0.05, 0.1) is 17.8 Å². The van der Waals surface area contributed by atoms with Crippen LogP contribution in [-0.2, 0) is 0 Å². The van der Waals surface area contributed by atoms with Gasteiger partial charge in [-0.1, -0.05) is 24.3 Å². The Balaban J connectivity index is 1.58. The molecule has 32 heavy (non-hydrogen) atoms. The van der Waals surface area contributed by atoms with E-state index >= 15 is 0 Å². The normalized spacial score (nSPS) is 17.9. The number of benzene rings is 2. The molecule has 2 aromatic carbocycles. The van der Waals surface area contributed by atoms with Crippen LogP contribution >= 0.6 is 12.2 Å². The van der Waals surface area contributed by atoms with Gasteiger partial charge in [-0.05, 0) is 72.4 Å². The summed E-state index contributed by atoms with van der Waals surface area (Å²) < 4.78 is 2.15. The van der Waals surface area contributed by atoms with Gasteiger partial charge in [0.25, 0.3) is 0 Å². The lowest BCUT2D eigenvalue weighted by Crippen LogP contribution is -2.29. The van der Waals surface area contributed by atoms with Crippen molar-refractivity contribution in [2.45, 2.75) is 12.1 Å². The van der Waals surface area contributed by atoms with Crippen molar-refractivity contribution in [3.8, 4) is 5.69 Å². The summed E-state index contributed by atoms with van der Waals surface area (Å²) in [6.07, 6.45) is 6.13. The van der Waals surface area contributed by atoms with Crippen LogP contribution in [0.3, 0.4) is 0 Å². The molecule has 0 unspecified atom stereocenters. The van der Waals surface area contributed by atoms with Gasteiger partial charge in [-0.2, -0.15) is 0 Å². The van der Waals surface area contributed by atoms with Gasteiger partial charge in [0.2, 0.25) is 0 Å². The highest BCUT2D eigenvalue weighted by molar-refractivity contribution is 7.80. The number of aromatic nitrogens is 2. The van der Waals surface area contributed by atoms with Crippen LogP contribution in [-0.4, -0.2) is 28.8 Å². The van der Waals surface area contributed by atoms with Crippen molar-refractivity contribution < 1.29 is 0 Å². The molecule has 0 amide bonds. The molecule has 1 aliphatic heterocycles. The van der Waals surface area contributed by atoms with Crippen LogP contribution in [0.15, 0.2) is 97.5 Å². The molecule has 0 radical (unpaired) electrons. The zero-order chi connectivity index (χ0) is 22.1. The molecule has 1 aliphatic rings. The van der Waals surface area contributed by atoms with Crippen LogP contribution in [0, 0.1) is 0 Å². The number of thiocarbonyl (C=S) groups is 1. The van der Waals surface area contributed by atoms with Gasteiger partial charge in [-0.25, -0.2) is 0 Å². The largest absolute Gasteiger partial charge is 0.378 e. The number of anilines is 2. The van der Waals surface area contributed by atoms with E-state index in [2.05, 4.69) is 97.7 Å². The highest BCUT2D eigenvalue weighted by atomic mass is 32.1. The third-order valence-electron chi connectivity index (χ3n) is 5.85. The first-order chi connectivity index (χ1) is 15.6. The third-order valence-corrected chi connectivity index (χ3v) is 6.17. The molecule has 0 aliphatic carbocycles. The van der Waals surface area contributed by atoms with Gasteiger partial charge in [0.1, 0.15) is 0 Å². The van der Waals surface area contributed by atoms with Gasteiger partial charge in [-0.3, -0.25) is 4.98 Å². The average molecular weight is 440 g/mol. The molecule has 0 spiro atoms. The minimum absolute atomic E-state index is 0.0208. The lowest BCUT2D eigenvalue weighted by Gasteiger charge is -2.27. The first-order valence-electron chi connectivity index (χ1n) is 10.6. The zero-order valence-corrected chi connectivity index (χ0v) is 18.9. The second-order valence-electron chi connectivity index (χ2n) is 8.10. The predicted molar refractivity (Wildman–Crippen MR) is 134 cm³/mol. The summed E-state index contributed by atoms with van der Waals surface area (Å²) in [6.45, 7) is 0. The highest BCUT2D eigenvalue weighted by Gasteiger charge is 2.41. The van der Waals surface area contributed by atoms with Gasteiger partial charge in [0, 0.05) is 49.7 Å². The Bertz CT molecular complexity index is 1200. The maximum atomic E-state index is 5.83. The number of hydrogen-bond donors (Lipinski definition) is 1. The molecule has 2 atom stereocenters. The predicted octanol–water partition coefficient (Wildman–Crippen LogP) is 5.12. The summed E-state index contributed by atoms with van der Waals surface area (Å²) in [7, 11) is 4.09. The van der Waals surface area contributed by atoms with Crippen molar-refractivity contribution in [3.63, 3.8) is 0 Å². The Labute approximate surface area is 193 Å². The molecule has 0 bridgehead atoms. The van der Waals surface area contributed by atoms with Crippen molar-refractivity contribution in [2.24, 2.45) is 0 Å². The summed E-state index contributed by atoms with van der Waals surface area (Å²) in [6, 6.07) is 27.0. The minimum Gasteiger partial charge on any atom is -0.378 e.